The smallest absolute Gasteiger partial charge is 0.0712 e. The van der Waals surface area contributed by atoms with Crippen molar-refractivity contribution in [2.45, 2.75) is 33.4 Å². The molecule has 0 spiro atoms. The van der Waals surface area contributed by atoms with Gasteiger partial charge in [-0.3, -0.25) is 5.10 Å². The summed E-state index contributed by atoms with van der Waals surface area (Å²) in [5, 5.41) is 20.5. The number of nitrogens with one attached hydrogen (secondary N) is 2. The van der Waals surface area contributed by atoms with Crippen molar-refractivity contribution in [3.8, 4) is 11.3 Å². The van der Waals surface area contributed by atoms with Gasteiger partial charge in [-0.25, -0.2) is 0 Å². The number of benzene rings is 1. The van der Waals surface area contributed by atoms with Crippen molar-refractivity contribution in [1.29, 1.82) is 0 Å². The zero-order valence-electron chi connectivity index (χ0n) is 12.4. The summed E-state index contributed by atoms with van der Waals surface area (Å²) in [6.07, 6.45) is 1.47. The van der Waals surface area contributed by atoms with E-state index < -0.39 is 0 Å². The Bertz CT molecular complexity index is 528. The van der Waals surface area contributed by atoms with Gasteiger partial charge in [-0.2, -0.15) is 5.10 Å². The number of aromatic nitrogens is 2. The molecule has 3 N–H and O–H groups in total. The quantitative estimate of drug-likeness (QED) is 0.784. The number of hydrogen-bond donors (Lipinski definition) is 3. The molecule has 0 aliphatic heterocycles. The van der Waals surface area contributed by atoms with Crippen molar-refractivity contribution in [3.63, 3.8) is 0 Å². The van der Waals surface area contributed by atoms with E-state index in [1.165, 1.54) is 0 Å². The van der Waals surface area contributed by atoms with E-state index >= 15 is 0 Å². The molecule has 2 rings (SSSR count). The molecule has 0 amide bonds. The van der Waals surface area contributed by atoms with E-state index in [4.69, 9.17) is 0 Å². The third kappa shape index (κ3) is 3.68. The van der Waals surface area contributed by atoms with Crippen LogP contribution >= 0.6 is 0 Å². The van der Waals surface area contributed by atoms with E-state index in [9.17, 15) is 5.11 Å². The van der Waals surface area contributed by atoms with Crippen LogP contribution in [0.2, 0.25) is 0 Å². The predicted octanol–water partition coefficient (Wildman–Crippen LogP) is 2.57. The molecule has 1 atom stereocenters. The number of aromatic amines is 1. The Morgan fingerprint density at radius 3 is 2.60 bits per heavy atom. The minimum Gasteiger partial charge on any atom is -0.391 e. The highest BCUT2D eigenvalue weighted by Gasteiger charge is 2.21. The van der Waals surface area contributed by atoms with Gasteiger partial charge in [0.25, 0.3) is 0 Å². The SMILES string of the molecule is CC(C)(C)C(O)CNCc1cn[nH]c1-c1ccccc1. The lowest BCUT2D eigenvalue weighted by molar-refractivity contribution is 0.0628. The summed E-state index contributed by atoms with van der Waals surface area (Å²) in [6, 6.07) is 10.1. The number of aliphatic hydroxyl groups excluding tert-OH is 1. The van der Waals surface area contributed by atoms with Crippen LogP contribution in [-0.2, 0) is 6.54 Å². The zero-order valence-corrected chi connectivity index (χ0v) is 12.4. The molecule has 0 aliphatic carbocycles. The molecule has 4 heteroatoms. The third-order valence-corrected chi connectivity index (χ3v) is 3.43. The molecule has 1 aromatic heterocycles. The normalized spacial score (nSPS) is 13.4. The van der Waals surface area contributed by atoms with Crippen LogP contribution in [0.5, 0.6) is 0 Å². The van der Waals surface area contributed by atoms with Crippen LogP contribution in [0.25, 0.3) is 11.3 Å². The second-order valence-corrected chi connectivity index (χ2v) is 6.15. The molecule has 1 heterocycles. The van der Waals surface area contributed by atoms with Crippen molar-refractivity contribution in [2.75, 3.05) is 6.54 Å². The highest BCUT2D eigenvalue weighted by Crippen LogP contribution is 2.21. The molecule has 0 fully saturated rings. The van der Waals surface area contributed by atoms with Crippen molar-refractivity contribution >= 4 is 0 Å². The summed E-state index contributed by atoms with van der Waals surface area (Å²) in [6.45, 7) is 7.36. The Labute approximate surface area is 120 Å². The van der Waals surface area contributed by atoms with E-state index in [1.807, 2.05) is 45.2 Å². The topological polar surface area (TPSA) is 60.9 Å². The minimum atomic E-state index is -0.366. The second-order valence-electron chi connectivity index (χ2n) is 6.15. The van der Waals surface area contributed by atoms with Gasteiger partial charge < -0.3 is 10.4 Å². The number of rotatable bonds is 5. The summed E-state index contributed by atoms with van der Waals surface area (Å²) in [7, 11) is 0. The van der Waals surface area contributed by atoms with E-state index in [-0.39, 0.29) is 11.5 Å². The molecule has 0 radical (unpaired) electrons. The maximum absolute atomic E-state index is 10.0. The van der Waals surface area contributed by atoms with Crippen LogP contribution in [-0.4, -0.2) is 28.0 Å². The molecule has 2 aromatic rings. The molecule has 108 valence electrons. The van der Waals surface area contributed by atoms with Crippen molar-refractivity contribution in [2.24, 2.45) is 5.41 Å². The van der Waals surface area contributed by atoms with E-state index in [0.717, 1.165) is 16.8 Å². The molecule has 0 saturated carbocycles. The van der Waals surface area contributed by atoms with Gasteiger partial charge in [0.2, 0.25) is 0 Å². The van der Waals surface area contributed by atoms with E-state index in [0.29, 0.717) is 13.1 Å². The lowest BCUT2D eigenvalue weighted by atomic mass is 9.89. The molecular weight excluding hydrogens is 250 g/mol. The first-order valence-corrected chi connectivity index (χ1v) is 6.95. The fourth-order valence-corrected chi connectivity index (χ4v) is 1.95. The third-order valence-electron chi connectivity index (χ3n) is 3.43. The van der Waals surface area contributed by atoms with Gasteiger partial charge in [-0.15, -0.1) is 0 Å². The highest BCUT2D eigenvalue weighted by molar-refractivity contribution is 5.62. The Hall–Kier alpha value is -1.65. The number of hydrogen-bond acceptors (Lipinski definition) is 3. The van der Waals surface area contributed by atoms with Gasteiger partial charge >= 0.3 is 0 Å². The molecule has 20 heavy (non-hydrogen) atoms. The van der Waals surface area contributed by atoms with Gasteiger partial charge in [0.1, 0.15) is 0 Å². The maximum Gasteiger partial charge on any atom is 0.0712 e. The molecule has 1 aromatic carbocycles. The highest BCUT2D eigenvalue weighted by atomic mass is 16.3. The fourth-order valence-electron chi connectivity index (χ4n) is 1.95. The van der Waals surface area contributed by atoms with Crippen LogP contribution in [0.3, 0.4) is 0 Å². The zero-order chi connectivity index (χ0) is 14.6. The van der Waals surface area contributed by atoms with E-state index in [2.05, 4.69) is 27.6 Å². The van der Waals surface area contributed by atoms with E-state index in [1.54, 1.807) is 0 Å². The molecule has 1 unspecified atom stereocenters. The van der Waals surface area contributed by atoms with Gasteiger partial charge in [-0.1, -0.05) is 51.1 Å². The second kappa shape index (κ2) is 6.20. The van der Waals surface area contributed by atoms with Crippen LogP contribution in [0.4, 0.5) is 0 Å². The summed E-state index contributed by atoms with van der Waals surface area (Å²) < 4.78 is 0. The average Bonchev–Trinajstić information content (AvgIpc) is 2.87. The predicted molar refractivity (Wildman–Crippen MR) is 81.2 cm³/mol. The number of nitrogens with zero attached hydrogens (tertiary/aromatic N) is 1. The fraction of sp³-hybridized carbons (Fsp3) is 0.438. The molecular formula is C16H23N3O. The first-order chi connectivity index (χ1) is 9.48. The Morgan fingerprint density at radius 2 is 1.95 bits per heavy atom. The summed E-state index contributed by atoms with van der Waals surface area (Å²) in [5.74, 6) is 0. The first kappa shape index (κ1) is 14.8. The molecule has 0 saturated heterocycles. The number of H-pyrrole nitrogens is 1. The summed E-state index contributed by atoms with van der Waals surface area (Å²) in [5.41, 5.74) is 3.16. The average molecular weight is 273 g/mol. The van der Waals surface area contributed by atoms with Gasteiger partial charge in [0.05, 0.1) is 18.0 Å². The molecule has 0 bridgehead atoms. The lowest BCUT2D eigenvalue weighted by Gasteiger charge is -2.26. The first-order valence-electron chi connectivity index (χ1n) is 6.95. The molecule has 0 aliphatic rings. The largest absolute Gasteiger partial charge is 0.391 e. The minimum absolute atomic E-state index is 0.105. The van der Waals surface area contributed by atoms with Crippen LogP contribution in [0, 0.1) is 5.41 Å². The van der Waals surface area contributed by atoms with Gasteiger partial charge in [0, 0.05) is 18.7 Å². The summed E-state index contributed by atoms with van der Waals surface area (Å²) >= 11 is 0. The van der Waals surface area contributed by atoms with Crippen LogP contribution in [0.15, 0.2) is 36.5 Å². The lowest BCUT2D eigenvalue weighted by Crippen LogP contribution is -2.36. The number of aliphatic hydroxyl groups is 1. The van der Waals surface area contributed by atoms with Crippen LogP contribution in [0.1, 0.15) is 26.3 Å². The Morgan fingerprint density at radius 1 is 1.25 bits per heavy atom. The molecule has 4 nitrogen and oxygen atoms in total. The van der Waals surface area contributed by atoms with Crippen molar-refractivity contribution in [1.82, 2.24) is 15.5 Å². The van der Waals surface area contributed by atoms with Gasteiger partial charge in [0.15, 0.2) is 0 Å². The monoisotopic (exact) mass is 273 g/mol. The van der Waals surface area contributed by atoms with Crippen molar-refractivity contribution in [3.05, 3.63) is 42.1 Å². The van der Waals surface area contributed by atoms with Crippen LogP contribution < -0.4 is 5.32 Å². The summed E-state index contributed by atoms with van der Waals surface area (Å²) in [4.78, 5) is 0. The maximum atomic E-state index is 10.0. The Kier molecular flexibility index (Phi) is 4.57. The van der Waals surface area contributed by atoms with Gasteiger partial charge in [-0.05, 0) is 11.0 Å². The standard InChI is InChI=1S/C16H23N3O/c1-16(2,3)14(20)11-17-9-13-10-18-19-15(13)12-7-5-4-6-8-12/h4-8,10,14,17,20H,9,11H2,1-3H3,(H,18,19). The van der Waals surface area contributed by atoms with Crippen molar-refractivity contribution < 1.29 is 5.11 Å². The Balaban J connectivity index is 1.97.